The average Bonchev–Trinajstić information content (AvgIpc) is 2.75. The molecule has 0 aromatic carbocycles. The van der Waals surface area contributed by atoms with E-state index in [2.05, 4.69) is 0 Å². The number of nitrogens with zero attached hydrogens (tertiary/aromatic N) is 1. The van der Waals surface area contributed by atoms with Gasteiger partial charge in [-0.05, 0) is 0 Å². The molecule has 0 N–H and O–H groups in total. The summed E-state index contributed by atoms with van der Waals surface area (Å²) in [6.45, 7) is 2.15. The van der Waals surface area contributed by atoms with Crippen molar-refractivity contribution in [3.63, 3.8) is 0 Å². The molecule has 2 saturated heterocycles. The molecule has 0 atom stereocenters. The minimum Gasteiger partial charge on any atom is -0.377 e. The topological polar surface area (TPSA) is 38.8 Å². The zero-order valence-electron chi connectivity index (χ0n) is 9.70. The molecule has 0 radical (unpaired) electrons. The first kappa shape index (κ1) is 13.4. The number of alkyl halides is 3. The van der Waals surface area contributed by atoms with Gasteiger partial charge in [-0.2, -0.15) is 13.2 Å². The van der Waals surface area contributed by atoms with Crippen LogP contribution in [0.3, 0.4) is 0 Å². The summed E-state index contributed by atoms with van der Waals surface area (Å²) in [6, 6.07) is 0. The van der Waals surface area contributed by atoms with E-state index in [1.807, 2.05) is 0 Å². The summed E-state index contributed by atoms with van der Waals surface area (Å²) in [5.41, 5.74) is 0. The second kappa shape index (κ2) is 4.89. The van der Waals surface area contributed by atoms with Crippen LogP contribution in [-0.4, -0.2) is 48.9 Å². The highest BCUT2D eigenvalue weighted by molar-refractivity contribution is 5.94. The largest absolute Gasteiger partial charge is 0.454 e. The number of hydrogen-bond donors (Lipinski definition) is 0. The summed E-state index contributed by atoms with van der Waals surface area (Å²) in [4.78, 5) is 12.3. The van der Waals surface area contributed by atoms with Crippen molar-refractivity contribution in [1.29, 1.82) is 0 Å². The van der Waals surface area contributed by atoms with Crippen molar-refractivity contribution in [2.45, 2.75) is 24.8 Å². The molecule has 18 heavy (non-hydrogen) atoms. The van der Waals surface area contributed by atoms with Gasteiger partial charge in [0.05, 0.1) is 13.2 Å². The number of rotatable bonds is 2. The highest BCUT2D eigenvalue weighted by Crippen LogP contribution is 2.31. The minimum absolute atomic E-state index is 0.516. The average molecular weight is 265 g/mol. The van der Waals surface area contributed by atoms with Crippen molar-refractivity contribution in [3.8, 4) is 0 Å². The molecule has 2 aliphatic heterocycles. The molecule has 2 aliphatic rings. The van der Waals surface area contributed by atoms with Crippen LogP contribution in [0, 0.1) is 0 Å². The van der Waals surface area contributed by atoms with Crippen LogP contribution < -0.4 is 0 Å². The Morgan fingerprint density at radius 2 is 1.72 bits per heavy atom. The van der Waals surface area contributed by atoms with Crippen molar-refractivity contribution in [1.82, 2.24) is 4.90 Å². The van der Waals surface area contributed by atoms with Crippen molar-refractivity contribution in [3.05, 3.63) is 12.3 Å². The van der Waals surface area contributed by atoms with E-state index in [1.54, 1.807) is 4.90 Å². The van der Waals surface area contributed by atoms with Crippen LogP contribution in [0.1, 0.15) is 12.8 Å². The maximum atomic E-state index is 12.0. The molecule has 0 unspecified atom stereocenters. The molecule has 2 heterocycles. The fraction of sp³-hybridized carbons (Fsp3) is 0.727. The molecular formula is C11H14F3NO3. The van der Waals surface area contributed by atoms with Gasteiger partial charge in [0.2, 0.25) is 0 Å². The lowest BCUT2D eigenvalue weighted by Crippen LogP contribution is -2.43. The number of carbonyl (C=O) groups is 1. The molecule has 7 heteroatoms. The number of allylic oxidation sites excluding steroid dienone is 1. The first-order chi connectivity index (χ1) is 8.41. The third-order valence-electron chi connectivity index (χ3n) is 3.09. The van der Waals surface area contributed by atoms with Gasteiger partial charge >= 0.3 is 6.18 Å². The van der Waals surface area contributed by atoms with Gasteiger partial charge in [-0.1, -0.05) is 0 Å². The van der Waals surface area contributed by atoms with E-state index in [1.165, 1.54) is 6.20 Å². The summed E-state index contributed by atoms with van der Waals surface area (Å²) in [5.74, 6) is -2.39. The van der Waals surface area contributed by atoms with Gasteiger partial charge in [-0.3, -0.25) is 4.79 Å². The van der Waals surface area contributed by atoms with Crippen molar-refractivity contribution in [2.24, 2.45) is 0 Å². The highest BCUT2D eigenvalue weighted by Gasteiger charge is 2.40. The Kier molecular flexibility index (Phi) is 3.63. The summed E-state index contributed by atoms with van der Waals surface area (Å²) in [6.07, 6.45) is -1.85. The van der Waals surface area contributed by atoms with Crippen LogP contribution in [0.5, 0.6) is 0 Å². The Morgan fingerprint density at radius 3 is 2.22 bits per heavy atom. The van der Waals surface area contributed by atoms with Gasteiger partial charge < -0.3 is 14.4 Å². The molecule has 0 aromatic heterocycles. The monoisotopic (exact) mass is 265 g/mol. The minimum atomic E-state index is -4.80. The first-order valence-corrected chi connectivity index (χ1v) is 5.73. The van der Waals surface area contributed by atoms with E-state index in [4.69, 9.17) is 9.47 Å². The summed E-state index contributed by atoms with van der Waals surface area (Å²) >= 11 is 0. The molecule has 0 aromatic rings. The van der Waals surface area contributed by atoms with Crippen molar-refractivity contribution >= 4 is 5.78 Å². The predicted molar refractivity (Wildman–Crippen MR) is 55.6 cm³/mol. The van der Waals surface area contributed by atoms with E-state index in [0.29, 0.717) is 45.2 Å². The Labute approximate surface area is 102 Å². The maximum absolute atomic E-state index is 12.0. The lowest BCUT2D eigenvalue weighted by atomic mass is 10.0. The number of hydrogen-bond acceptors (Lipinski definition) is 4. The van der Waals surface area contributed by atoms with Crippen molar-refractivity contribution in [2.75, 3.05) is 26.3 Å². The molecule has 1 spiro atoms. The van der Waals surface area contributed by atoms with Crippen LogP contribution in [0.2, 0.25) is 0 Å². The lowest BCUT2D eigenvalue weighted by Gasteiger charge is -2.37. The molecular weight excluding hydrogens is 251 g/mol. The molecule has 0 bridgehead atoms. The normalized spacial score (nSPS) is 24.1. The van der Waals surface area contributed by atoms with Crippen LogP contribution in [0.25, 0.3) is 0 Å². The molecule has 2 fully saturated rings. The highest BCUT2D eigenvalue weighted by atomic mass is 19.4. The molecule has 0 saturated carbocycles. The number of carbonyl (C=O) groups excluding carboxylic acids is 1. The van der Waals surface area contributed by atoms with Crippen LogP contribution >= 0.6 is 0 Å². The second-order valence-electron chi connectivity index (χ2n) is 4.32. The van der Waals surface area contributed by atoms with Crippen LogP contribution in [0.15, 0.2) is 12.3 Å². The standard InChI is InChI=1S/C11H14F3NO3/c12-11(13,14)9(16)1-4-15-5-2-10(3-6-15)17-7-8-18-10/h1,4H,2-3,5-8H2. The maximum Gasteiger partial charge on any atom is 0.454 e. The SMILES string of the molecule is O=C(C=CN1CCC2(CC1)OCCO2)C(F)(F)F. The summed E-state index contributed by atoms with van der Waals surface area (Å²) in [7, 11) is 0. The van der Waals surface area contributed by atoms with Crippen molar-refractivity contribution < 1.29 is 27.4 Å². The summed E-state index contributed by atoms with van der Waals surface area (Å²) in [5, 5.41) is 0. The Bertz CT molecular complexity index is 338. The smallest absolute Gasteiger partial charge is 0.377 e. The number of likely N-dealkylation sites (tertiary alicyclic amines) is 1. The predicted octanol–water partition coefficient (Wildman–Crippen LogP) is 1.47. The zero-order valence-corrected chi connectivity index (χ0v) is 9.70. The van der Waals surface area contributed by atoms with E-state index in [0.717, 1.165) is 0 Å². The number of ketones is 1. The Hall–Kier alpha value is -1.08. The molecule has 0 aliphatic carbocycles. The van der Waals surface area contributed by atoms with Crippen LogP contribution in [-0.2, 0) is 14.3 Å². The van der Waals surface area contributed by atoms with Gasteiger partial charge in [0.1, 0.15) is 0 Å². The van der Waals surface area contributed by atoms with E-state index >= 15 is 0 Å². The van der Waals surface area contributed by atoms with Gasteiger partial charge in [-0.25, -0.2) is 0 Å². The Balaban J connectivity index is 1.83. The lowest BCUT2D eigenvalue weighted by molar-refractivity contribution is -0.182. The second-order valence-corrected chi connectivity index (χ2v) is 4.32. The number of ether oxygens (including phenoxy) is 2. The van der Waals surface area contributed by atoms with Gasteiger partial charge in [-0.15, -0.1) is 0 Å². The molecule has 102 valence electrons. The molecule has 0 amide bonds. The van der Waals surface area contributed by atoms with Crippen LogP contribution in [0.4, 0.5) is 13.2 Å². The van der Waals surface area contributed by atoms with E-state index in [-0.39, 0.29) is 0 Å². The fourth-order valence-electron chi connectivity index (χ4n) is 2.07. The van der Waals surface area contributed by atoms with E-state index in [9.17, 15) is 18.0 Å². The van der Waals surface area contributed by atoms with Gasteiger partial charge in [0, 0.05) is 38.2 Å². The molecule has 2 rings (SSSR count). The Morgan fingerprint density at radius 1 is 1.17 bits per heavy atom. The fourth-order valence-corrected chi connectivity index (χ4v) is 2.07. The third-order valence-corrected chi connectivity index (χ3v) is 3.09. The van der Waals surface area contributed by atoms with Gasteiger partial charge in [0.15, 0.2) is 5.79 Å². The summed E-state index contributed by atoms with van der Waals surface area (Å²) < 4.78 is 46.9. The quantitative estimate of drug-likeness (QED) is 0.709. The first-order valence-electron chi connectivity index (χ1n) is 5.73. The number of halogens is 3. The third kappa shape index (κ3) is 3.02. The molecule has 4 nitrogen and oxygen atoms in total. The van der Waals surface area contributed by atoms with E-state index < -0.39 is 17.7 Å². The van der Waals surface area contributed by atoms with Gasteiger partial charge in [0.25, 0.3) is 5.78 Å². The number of piperidine rings is 1. The zero-order chi connectivity index (χ0) is 13.2.